The largest absolute Gasteiger partial charge is 0.472 e. The molecule has 1 heterocycles. The number of rotatable bonds is 17. The van der Waals surface area contributed by atoms with E-state index in [1.165, 1.54) is 6.92 Å². The van der Waals surface area contributed by atoms with Gasteiger partial charge in [-0.2, -0.15) is 0 Å². The number of hydrogen-bond donors (Lipinski definition) is 3. The molecule has 1 amide bonds. The van der Waals surface area contributed by atoms with E-state index in [-0.39, 0.29) is 25.7 Å². The molecule has 0 saturated carbocycles. The Morgan fingerprint density at radius 3 is 1.43 bits per heavy atom. The number of carbonyl (C=O) groups excluding carboxylic acids is 1. The Hall–Kier alpha value is -4.48. The van der Waals surface area contributed by atoms with E-state index in [4.69, 9.17) is 23.5 Å². The van der Waals surface area contributed by atoms with E-state index in [1.807, 2.05) is 152 Å². The van der Waals surface area contributed by atoms with Crippen molar-refractivity contribution in [2.75, 3.05) is 0 Å². The van der Waals surface area contributed by atoms with Crippen LogP contribution in [0.15, 0.2) is 152 Å². The van der Waals surface area contributed by atoms with E-state index >= 15 is 0 Å². The summed E-state index contributed by atoms with van der Waals surface area (Å²) in [6, 6.07) is 47.2. The summed E-state index contributed by atoms with van der Waals surface area (Å²) >= 11 is 0. The lowest BCUT2D eigenvalue weighted by molar-refractivity contribution is -0.307. The summed E-state index contributed by atoms with van der Waals surface area (Å²) in [5.41, 5.74) is 3.11. The van der Waals surface area contributed by atoms with Crippen LogP contribution < -0.4 is 5.32 Å². The molecule has 5 aromatic carbocycles. The van der Waals surface area contributed by atoms with Crippen molar-refractivity contribution in [2.45, 2.75) is 75.8 Å². The lowest BCUT2D eigenvalue weighted by Crippen LogP contribution is -2.71. The van der Waals surface area contributed by atoms with Crippen LogP contribution in [0.5, 0.6) is 0 Å². The van der Waals surface area contributed by atoms with Crippen molar-refractivity contribution in [3.05, 3.63) is 179 Å². The molecule has 0 aromatic heterocycles. The average molecular weight is 752 g/mol. The third-order valence-corrected chi connectivity index (χ3v) is 9.80. The van der Waals surface area contributed by atoms with Gasteiger partial charge in [0, 0.05) is 19.8 Å². The van der Waals surface area contributed by atoms with Crippen molar-refractivity contribution in [1.82, 2.24) is 5.32 Å². The number of amides is 1. The molecule has 1 saturated heterocycles. The minimum Gasteiger partial charge on any atom is -0.368 e. The molecule has 3 N–H and O–H groups in total. The minimum atomic E-state index is -5.18. The highest BCUT2D eigenvalue weighted by molar-refractivity contribution is 7.46. The van der Waals surface area contributed by atoms with E-state index in [0.29, 0.717) is 12.8 Å². The minimum absolute atomic E-state index is 0.0439. The Balaban J connectivity index is 1.51. The molecule has 5 aromatic rings. The summed E-state index contributed by atoms with van der Waals surface area (Å²) in [5.74, 6) is -0.366. The molecule has 0 unspecified atom stereocenters. The Morgan fingerprint density at radius 2 is 1.02 bits per heavy atom. The van der Waals surface area contributed by atoms with Gasteiger partial charge in [-0.05, 0) is 27.8 Å². The second-order valence-electron chi connectivity index (χ2n) is 13.4. The number of nitrogens with one attached hydrogen (secondary N) is 1. The van der Waals surface area contributed by atoms with Crippen LogP contribution in [-0.4, -0.2) is 51.9 Å². The Bertz CT molecular complexity index is 1870. The highest BCUT2D eigenvalue weighted by Gasteiger charge is 2.57. The van der Waals surface area contributed by atoms with Crippen LogP contribution in [0.25, 0.3) is 0 Å². The molecule has 0 radical (unpaired) electrons. The average Bonchev–Trinajstić information content (AvgIpc) is 3.17. The van der Waals surface area contributed by atoms with E-state index in [1.54, 1.807) is 0 Å². The van der Waals surface area contributed by atoms with Crippen LogP contribution in [0.3, 0.4) is 0 Å². The van der Waals surface area contributed by atoms with Crippen molar-refractivity contribution < 1.29 is 42.6 Å². The number of carbonyl (C=O) groups is 1. The van der Waals surface area contributed by atoms with Crippen molar-refractivity contribution in [3.8, 4) is 0 Å². The number of ether oxygens (including phenoxy) is 4. The zero-order valence-electron chi connectivity index (χ0n) is 30.1. The third kappa shape index (κ3) is 11.0. The fraction of sp³-hybridized carbons (Fsp3) is 0.279. The van der Waals surface area contributed by atoms with Crippen molar-refractivity contribution in [2.24, 2.45) is 0 Å². The fourth-order valence-corrected chi connectivity index (χ4v) is 7.38. The van der Waals surface area contributed by atoms with Gasteiger partial charge in [0.25, 0.3) is 0 Å². The maximum absolute atomic E-state index is 13.2. The number of benzene rings is 5. The first kappa shape index (κ1) is 39.2. The van der Waals surface area contributed by atoms with Gasteiger partial charge in [-0.25, -0.2) is 4.57 Å². The molecular weight excluding hydrogens is 705 g/mol. The molecule has 11 heteroatoms. The molecule has 1 aliphatic heterocycles. The van der Waals surface area contributed by atoms with Gasteiger partial charge in [-0.1, -0.05) is 152 Å². The molecule has 6 rings (SSSR count). The molecule has 5 atom stereocenters. The lowest BCUT2D eigenvalue weighted by Gasteiger charge is -2.52. The van der Waals surface area contributed by atoms with Gasteiger partial charge in [0.2, 0.25) is 5.91 Å². The maximum atomic E-state index is 13.2. The Labute approximate surface area is 316 Å². The first-order valence-electron chi connectivity index (χ1n) is 17.9. The monoisotopic (exact) mass is 751 g/mol. The Morgan fingerprint density at radius 1 is 0.630 bits per heavy atom. The first-order valence-corrected chi connectivity index (χ1v) is 19.4. The van der Waals surface area contributed by atoms with Crippen molar-refractivity contribution in [1.29, 1.82) is 0 Å². The van der Waals surface area contributed by atoms with Crippen LogP contribution in [0.1, 0.15) is 34.7 Å². The molecule has 1 aliphatic rings. The highest BCUT2D eigenvalue weighted by atomic mass is 31.2. The maximum Gasteiger partial charge on any atom is 0.472 e. The quantitative estimate of drug-likeness (QED) is 0.0865. The van der Waals surface area contributed by atoms with Crippen molar-refractivity contribution in [3.63, 3.8) is 0 Å². The van der Waals surface area contributed by atoms with Gasteiger partial charge in [0.15, 0.2) is 6.29 Å². The molecule has 54 heavy (non-hydrogen) atoms. The van der Waals surface area contributed by atoms with Gasteiger partial charge < -0.3 is 34.1 Å². The first-order chi connectivity index (χ1) is 26.2. The third-order valence-electron chi connectivity index (χ3n) is 9.31. The summed E-state index contributed by atoms with van der Waals surface area (Å²) in [7, 11) is -5.18. The van der Waals surface area contributed by atoms with Crippen LogP contribution >= 0.6 is 7.82 Å². The summed E-state index contributed by atoms with van der Waals surface area (Å²) in [5, 5.41) is 3.11. The normalized spacial score (nSPS) is 20.3. The smallest absolute Gasteiger partial charge is 0.368 e. The molecular formula is C43H46NO9P. The Kier molecular flexibility index (Phi) is 13.6. The van der Waals surface area contributed by atoms with E-state index in [9.17, 15) is 19.1 Å². The predicted octanol–water partition coefficient (Wildman–Crippen LogP) is 6.94. The van der Waals surface area contributed by atoms with Gasteiger partial charge in [0.05, 0.1) is 25.9 Å². The second-order valence-corrected chi connectivity index (χ2v) is 14.6. The van der Waals surface area contributed by atoms with Gasteiger partial charge in [-0.3, -0.25) is 9.32 Å². The van der Waals surface area contributed by atoms with Crippen LogP contribution in [0.2, 0.25) is 0 Å². The standard InChI is InChI=1S/C43H46NO9P/c1-32(45)44-38-39(49-29-35-21-11-4-12-22-35)40(50-30-36-23-13-5-14-24-36)42(53-54(46,47)48)52-41(38)43(27-33-17-7-2-8-18-33,28-34-19-9-3-10-20-34)51-31-37-25-15-6-16-26-37/h2-26,38-42H,27-31H2,1H3,(H,44,45)(H2,46,47,48)/t38-,39-,40+,41-,42+/m0/s1. The molecule has 0 bridgehead atoms. The summed E-state index contributed by atoms with van der Waals surface area (Å²) < 4.78 is 45.3. The van der Waals surface area contributed by atoms with Gasteiger partial charge in [0.1, 0.15) is 23.9 Å². The van der Waals surface area contributed by atoms with Crippen LogP contribution in [0.4, 0.5) is 0 Å². The van der Waals surface area contributed by atoms with Gasteiger partial charge >= 0.3 is 7.82 Å². The van der Waals surface area contributed by atoms with Crippen molar-refractivity contribution >= 4 is 13.7 Å². The number of phosphoric ester groups is 1. The SMILES string of the molecule is CC(=O)N[C@H]1[C@H](OCc2ccccc2)[C@@H](OCc2ccccc2)[C@@H](OP(=O)(O)O)O[C@@H]1C(Cc1ccccc1)(Cc1ccccc1)OCc1ccccc1. The molecule has 0 aliphatic carbocycles. The lowest BCUT2D eigenvalue weighted by atomic mass is 9.76. The fourth-order valence-electron chi connectivity index (χ4n) is 6.94. The second kappa shape index (κ2) is 18.7. The molecule has 10 nitrogen and oxygen atoms in total. The summed E-state index contributed by atoms with van der Waals surface area (Å²) in [6.07, 6.45) is -4.41. The highest BCUT2D eigenvalue weighted by Crippen LogP contribution is 2.45. The van der Waals surface area contributed by atoms with E-state index in [0.717, 1.165) is 27.8 Å². The van der Waals surface area contributed by atoms with Crippen LogP contribution in [-0.2, 0) is 65.5 Å². The van der Waals surface area contributed by atoms with Gasteiger partial charge in [-0.15, -0.1) is 0 Å². The van der Waals surface area contributed by atoms with E-state index in [2.05, 4.69) is 5.32 Å². The van der Waals surface area contributed by atoms with Crippen LogP contribution in [0, 0.1) is 0 Å². The molecule has 282 valence electrons. The zero-order chi connectivity index (χ0) is 37.8. The van der Waals surface area contributed by atoms with E-state index < -0.39 is 44.1 Å². The molecule has 1 fully saturated rings. The summed E-state index contributed by atoms with van der Waals surface area (Å²) in [6.45, 7) is 1.71. The predicted molar refractivity (Wildman–Crippen MR) is 204 cm³/mol. The number of hydrogen-bond acceptors (Lipinski definition) is 7. The zero-order valence-corrected chi connectivity index (χ0v) is 30.9. The topological polar surface area (TPSA) is 133 Å². The summed E-state index contributed by atoms with van der Waals surface area (Å²) in [4.78, 5) is 33.8. The number of phosphoric acid groups is 1. The molecule has 0 spiro atoms.